The van der Waals surface area contributed by atoms with E-state index in [1.165, 1.54) is 0 Å². The van der Waals surface area contributed by atoms with Crippen LogP contribution in [0, 0.1) is 13.8 Å². The zero-order valence-corrected chi connectivity index (χ0v) is 17.8. The number of hydrogen-bond acceptors (Lipinski definition) is 4. The fraction of sp³-hybridized carbons (Fsp3) is 0.391. The molecule has 1 heterocycles. The average molecular weight is 409 g/mol. The summed E-state index contributed by atoms with van der Waals surface area (Å²) in [6.07, 6.45) is 3.47. The van der Waals surface area contributed by atoms with Gasteiger partial charge in [0, 0.05) is 0 Å². The van der Waals surface area contributed by atoms with Crippen molar-refractivity contribution >= 4 is 22.6 Å². The Morgan fingerprint density at radius 3 is 2.40 bits per heavy atom. The summed E-state index contributed by atoms with van der Waals surface area (Å²) in [7, 11) is 3.19. The fourth-order valence-electron chi connectivity index (χ4n) is 4.56. The van der Waals surface area contributed by atoms with Crippen LogP contribution < -0.4 is 20.5 Å². The molecule has 0 unspecified atom stereocenters. The fourth-order valence-corrected chi connectivity index (χ4v) is 4.56. The van der Waals surface area contributed by atoms with Crippen molar-refractivity contribution in [3.05, 3.63) is 51.4 Å². The van der Waals surface area contributed by atoms with Crippen molar-refractivity contribution in [1.82, 2.24) is 9.97 Å². The van der Waals surface area contributed by atoms with Gasteiger partial charge in [-0.05, 0) is 61.6 Å². The number of amides is 1. The first-order valence-electron chi connectivity index (χ1n) is 10.2. The van der Waals surface area contributed by atoms with Crippen LogP contribution in [-0.4, -0.2) is 30.1 Å². The van der Waals surface area contributed by atoms with E-state index in [9.17, 15) is 9.59 Å². The minimum absolute atomic E-state index is 0.0655. The number of nitrogens with one attached hydrogen (secondary N) is 3. The van der Waals surface area contributed by atoms with Gasteiger partial charge in [0.1, 0.15) is 0 Å². The molecule has 3 aromatic rings. The zero-order valence-electron chi connectivity index (χ0n) is 17.8. The van der Waals surface area contributed by atoms with Gasteiger partial charge in [0.2, 0.25) is 5.91 Å². The molecule has 0 bridgehead atoms. The summed E-state index contributed by atoms with van der Waals surface area (Å²) in [6, 6.07) is 7.61. The first-order chi connectivity index (χ1) is 14.4. The molecule has 158 valence electrons. The summed E-state index contributed by atoms with van der Waals surface area (Å²) in [5.74, 6) is 1.18. The van der Waals surface area contributed by atoms with Gasteiger partial charge in [0.05, 0.1) is 36.4 Å². The summed E-state index contributed by atoms with van der Waals surface area (Å²) >= 11 is 0. The molecule has 0 spiro atoms. The van der Waals surface area contributed by atoms with Gasteiger partial charge in [-0.3, -0.25) is 4.79 Å². The van der Waals surface area contributed by atoms with Gasteiger partial charge < -0.3 is 24.8 Å². The minimum Gasteiger partial charge on any atom is -0.493 e. The van der Waals surface area contributed by atoms with E-state index in [2.05, 4.69) is 15.3 Å². The number of methoxy groups -OCH3 is 2. The van der Waals surface area contributed by atoms with Crippen LogP contribution in [-0.2, 0) is 10.2 Å². The maximum atomic E-state index is 13.7. The third-order valence-electron chi connectivity index (χ3n) is 6.40. The first kappa shape index (κ1) is 20.1. The third-order valence-corrected chi connectivity index (χ3v) is 6.40. The molecule has 2 aromatic carbocycles. The number of fused-ring (bicyclic) bond motifs is 1. The third kappa shape index (κ3) is 3.14. The maximum Gasteiger partial charge on any atom is 0.323 e. The van der Waals surface area contributed by atoms with Crippen molar-refractivity contribution in [3.8, 4) is 11.5 Å². The SMILES string of the molecule is COc1ccc(C2(C(=O)Nc3c(C)c(C)cc4[nH]c(=O)[nH]c34)CCCC2)cc1OC. The summed E-state index contributed by atoms with van der Waals surface area (Å²) in [5.41, 5.74) is 3.87. The second-order valence-corrected chi connectivity index (χ2v) is 8.01. The first-order valence-corrected chi connectivity index (χ1v) is 10.2. The van der Waals surface area contributed by atoms with Crippen molar-refractivity contribution in [2.24, 2.45) is 0 Å². The predicted octanol–water partition coefficient (Wildman–Crippen LogP) is 3.94. The lowest BCUT2D eigenvalue weighted by molar-refractivity contribution is -0.121. The molecule has 1 aromatic heterocycles. The van der Waals surface area contributed by atoms with Crippen molar-refractivity contribution < 1.29 is 14.3 Å². The highest BCUT2D eigenvalue weighted by molar-refractivity contribution is 6.05. The lowest BCUT2D eigenvalue weighted by atomic mass is 9.77. The van der Waals surface area contributed by atoms with E-state index in [4.69, 9.17) is 9.47 Å². The highest BCUT2D eigenvalue weighted by Gasteiger charge is 2.43. The molecule has 1 aliphatic carbocycles. The van der Waals surface area contributed by atoms with E-state index in [1.54, 1.807) is 14.2 Å². The lowest BCUT2D eigenvalue weighted by Gasteiger charge is -2.29. The Morgan fingerprint density at radius 2 is 1.73 bits per heavy atom. The number of carbonyl (C=O) groups is 1. The van der Waals surface area contributed by atoms with E-state index < -0.39 is 5.41 Å². The smallest absolute Gasteiger partial charge is 0.323 e. The van der Waals surface area contributed by atoms with Gasteiger partial charge in [0.15, 0.2) is 11.5 Å². The molecule has 0 atom stereocenters. The highest BCUT2D eigenvalue weighted by Crippen LogP contribution is 2.45. The standard InChI is InChI=1S/C23H27N3O4/c1-13-11-16-20(26-22(28)24-16)19(14(13)2)25-21(27)23(9-5-6-10-23)15-7-8-17(29-3)18(12-15)30-4/h7-8,11-12H,5-6,9-10H2,1-4H3,(H,25,27)(H2,24,26,28). The van der Waals surface area contributed by atoms with Crippen molar-refractivity contribution in [2.45, 2.75) is 44.9 Å². The Bertz CT molecular complexity index is 1170. The van der Waals surface area contributed by atoms with Gasteiger partial charge in [-0.25, -0.2) is 4.79 Å². The minimum atomic E-state index is -0.654. The number of benzene rings is 2. The van der Waals surface area contributed by atoms with Gasteiger partial charge in [0.25, 0.3) is 0 Å². The van der Waals surface area contributed by atoms with E-state index >= 15 is 0 Å². The number of H-pyrrole nitrogens is 2. The normalized spacial score (nSPS) is 15.3. The molecule has 4 rings (SSSR count). The molecule has 0 aliphatic heterocycles. The maximum absolute atomic E-state index is 13.7. The number of ether oxygens (including phenoxy) is 2. The van der Waals surface area contributed by atoms with E-state index in [1.807, 2.05) is 38.1 Å². The molecule has 1 amide bonds. The Labute approximate surface area is 174 Å². The number of aryl methyl sites for hydroxylation is 1. The molecule has 1 aliphatic rings. The van der Waals surface area contributed by atoms with Crippen LogP contribution >= 0.6 is 0 Å². The molecule has 30 heavy (non-hydrogen) atoms. The molecule has 1 saturated carbocycles. The number of aromatic amines is 2. The average Bonchev–Trinajstić information content (AvgIpc) is 3.38. The van der Waals surface area contributed by atoms with Crippen LogP contribution in [0.5, 0.6) is 11.5 Å². The Balaban J connectivity index is 1.79. The Morgan fingerprint density at radius 1 is 1.03 bits per heavy atom. The van der Waals surface area contributed by atoms with Crippen LogP contribution in [0.4, 0.5) is 5.69 Å². The Kier molecular flexibility index (Phi) is 5.05. The zero-order chi connectivity index (χ0) is 21.5. The molecule has 0 saturated heterocycles. The second-order valence-electron chi connectivity index (χ2n) is 8.01. The largest absolute Gasteiger partial charge is 0.493 e. The topological polar surface area (TPSA) is 96.2 Å². The van der Waals surface area contributed by atoms with E-state index in [-0.39, 0.29) is 11.6 Å². The summed E-state index contributed by atoms with van der Waals surface area (Å²) < 4.78 is 10.8. The van der Waals surface area contributed by atoms with Crippen molar-refractivity contribution in [2.75, 3.05) is 19.5 Å². The molecular formula is C23H27N3O4. The number of carbonyl (C=O) groups excluding carboxylic acids is 1. The van der Waals surface area contributed by atoms with E-state index in [0.717, 1.165) is 42.4 Å². The van der Waals surface area contributed by atoms with Crippen molar-refractivity contribution in [1.29, 1.82) is 0 Å². The van der Waals surface area contributed by atoms with E-state index in [0.29, 0.717) is 28.2 Å². The van der Waals surface area contributed by atoms with Crippen LogP contribution in [0.1, 0.15) is 42.4 Å². The summed E-state index contributed by atoms with van der Waals surface area (Å²) in [4.78, 5) is 31.2. The number of imidazole rings is 1. The number of aromatic nitrogens is 2. The molecule has 3 N–H and O–H groups in total. The Hall–Kier alpha value is -3.22. The van der Waals surface area contributed by atoms with Gasteiger partial charge in [-0.1, -0.05) is 18.9 Å². The monoisotopic (exact) mass is 409 g/mol. The lowest BCUT2D eigenvalue weighted by Crippen LogP contribution is -2.38. The van der Waals surface area contributed by atoms with Crippen molar-refractivity contribution in [3.63, 3.8) is 0 Å². The van der Waals surface area contributed by atoms with Crippen LogP contribution in [0.2, 0.25) is 0 Å². The van der Waals surface area contributed by atoms with Crippen LogP contribution in [0.3, 0.4) is 0 Å². The molecule has 7 heteroatoms. The highest BCUT2D eigenvalue weighted by atomic mass is 16.5. The van der Waals surface area contributed by atoms with Gasteiger partial charge >= 0.3 is 5.69 Å². The molecule has 1 fully saturated rings. The molecule has 0 radical (unpaired) electrons. The number of rotatable bonds is 5. The van der Waals surface area contributed by atoms with Crippen LogP contribution in [0.15, 0.2) is 29.1 Å². The molecular weight excluding hydrogens is 382 g/mol. The summed E-state index contributed by atoms with van der Waals surface area (Å²) in [6.45, 7) is 3.92. The molecule has 7 nitrogen and oxygen atoms in total. The predicted molar refractivity (Wildman–Crippen MR) is 117 cm³/mol. The quantitative estimate of drug-likeness (QED) is 0.595. The van der Waals surface area contributed by atoms with Gasteiger partial charge in [-0.15, -0.1) is 0 Å². The van der Waals surface area contributed by atoms with Crippen LogP contribution in [0.25, 0.3) is 11.0 Å². The van der Waals surface area contributed by atoms with Gasteiger partial charge in [-0.2, -0.15) is 0 Å². The number of hydrogen-bond donors (Lipinski definition) is 3. The number of anilines is 1. The second kappa shape index (κ2) is 7.55. The summed E-state index contributed by atoms with van der Waals surface area (Å²) in [5, 5.41) is 3.15.